The fourth-order valence-corrected chi connectivity index (χ4v) is 0. The monoisotopic (exact) mass is 313 g/mol. The molecule has 0 bridgehead atoms. The zero-order valence-electron chi connectivity index (χ0n) is 1.83. The van der Waals surface area contributed by atoms with Crippen molar-refractivity contribution in [3.63, 3.8) is 0 Å². The maximum atomic E-state index is 8.42. The Morgan fingerprint density at radius 1 is 1.25 bits per heavy atom. The van der Waals surface area contributed by atoms with Crippen LogP contribution in [0.5, 0.6) is 0 Å². The van der Waals surface area contributed by atoms with Crippen molar-refractivity contribution in [1.29, 1.82) is 0 Å². The van der Waals surface area contributed by atoms with Gasteiger partial charge in [-0.15, -0.1) is 0 Å². The average Bonchev–Trinajstić information content (AvgIpc) is 1.50. The Kier molecular flexibility index (Phi) is 50.7. The molecule has 0 rings (SSSR count). The van der Waals surface area contributed by atoms with E-state index in [1.54, 1.807) is 0 Å². The zero-order chi connectivity index (χ0) is 4.00. The topological polar surface area (TPSA) is 34.1 Å². The van der Waals surface area contributed by atoms with E-state index in [1.807, 2.05) is 0 Å². The third-order valence-electron chi connectivity index (χ3n) is 0. The van der Waals surface area contributed by atoms with Gasteiger partial charge in [-0.1, -0.05) is 0 Å². The maximum absolute atomic E-state index is 8.42. The standard InChI is InChI=1S/Ho.In.2O.H. The Hall–Kier alpha value is 1.73. The number of hydrogen-bond donors (Lipinski definition) is 0. The van der Waals surface area contributed by atoms with Crippen molar-refractivity contribution in [3.8, 4) is 0 Å². The van der Waals surface area contributed by atoms with Crippen molar-refractivity contribution in [2.24, 2.45) is 0 Å². The molecule has 0 aliphatic heterocycles. The van der Waals surface area contributed by atoms with Crippen LogP contribution in [0.1, 0.15) is 0 Å². The summed E-state index contributed by atoms with van der Waals surface area (Å²) in [6.07, 6.45) is 0. The van der Waals surface area contributed by atoms with Gasteiger partial charge in [-0.05, 0) is 0 Å². The summed E-state index contributed by atoms with van der Waals surface area (Å²) in [5, 5.41) is 0. The zero-order valence-corrected chi connectivity index (χ0v) is 7.80. The molecule has 0 aromatic heterocycles. The van der Waals surface area contributed by atoms with Crippen molar-refractivity contribution in [1.82, 2.24) is 0 Å². The third-order valence-corrected chi connectivity index (χ3v) is 0. The molecular weight excluding hydrogens is 312 g/mol. The number of hydrogen-bond acceptors (Lipinski definition) is 2. The molecule has 0 aromatic rings. The van der Waals surface area contributed by atoms with Crippen LogP contribution in [0.2, 0.25) is 0 Å². The second kappa shape index (κ2) is 22.0. The van der Waals surface area contributed by atoms with Gasteiger partial charge in [-0.25, -0.2) is 0 Å². The molecule has 0 atom stereocenters. The fourth-order valence-electron chi connectivity index (χ4n) is 0. The minimum absolute atomic E-state index is 0.1000. The number of rotatable bonds is 0. The summed E-state index contributed by atoms with van der Waals surface area (Å²) in [7, 11) is 0. The van der Waals surface area contributed by atoms with Crippen molar-refractivity contribution in [3.05, 3.63) is 0 Å². The molecule has 0 heterocycles. The predicted octanol–water partition coefficient (Wildman–Crippen LogP) is -0.886. The second-order valence-electron chi connectivity index (χ2n) is 0. The van der Waals surface area contributed by atoms with Crippen LogP contribution in [0.15, 0.2) is 0 Å². The minimum atomic E-state index is -0.1000. The van der Waals surface area contributed by atoms with E-state index >= 15 is 0 Å². The molecule has 0 spiro atoms. The Labute approximate surface area is 63.4 Å². The quantitative estimate of drug-likeness (QED) is 0.544. The first-order valence-electron chi connectivity index (χ1n) is 0.412. The predicted molar refractivity (Wildman–Crippen MR) is 8.52 cm³/mol. The normalized spacial score (nSPS) is 2.25. The van der Waals surface area contributed by atoms with E-state index in [9.17, 15) is 0 Å². The van der Waals surface area contributed by atoms with Gasteiger partial charge >= 0.3 is 64.5 Å². The molecule has 4 heavy (non-hydrogen) atoms. The van der Waals surface area contributed by atoms with Gasteiger partial charge in [-0.2, -0.15) is 0 Å². The molecule has 0 fully saturated rings. The molecule has 0 saturated heterocycles. The van der Waals surface area contributed by atoms with E-state index in [0.717, 1.165) is 35.9 Å². The van der Waals surface area contributed by atoms with Crippen LogP contribution in [0, 0.1) is 35.9 Å². The summed E-state index contributed by atoms with van der Waals surface area (Å²) in [6, 6.07) is 0. The molecule has 0 amide bonds. The van der Waals surface area contributed by atoms with Crippen LogP contribution in [0.3, 0.4) is 0 Å². The van der Waals surface area contributed by atoms with Crippen LogP contribution in [0.25, 0.3) is 0 Å². The molecule has 27 valence electrons. The molecule has 0 aromatic carbocycles. The SMILES string of the molecule is [O]=[Ho].[O]=[InH]. The Balaban J connectivity index is 0. The third kappa shape index (κ3) is 9.29. The van der Waals surface area contributed by atoms with Crippen LogP contribution in [0.4, 0.5) is 0 Å². The summed E-state index contributed by atoms with van der Waals surface area (Å²) >= 11 is 0.928. The van der Waals surface area contributed by atoms with E-state index in [-0.39, 0.29) is 24.4 Å². The Morgan fingerprint density at radius 3 is 1.25 bits per heavy atom. The average molecular weight is 313 g/mol. The van der Waals surface area contributed by atoms with Crippen LogP contribution < -0.4 is 0 Å². The first-order chi connectivity index (χ1) is 2.00. The molecule has 0 N–H and O–H groups in total. The molecule has 0 aliphatic carbocycles. The van der Waals surface area contributed by atoms with Gasteiger partial charge in [0.05, 0.1) is 0 Å². The van der Waals surface area contributed by atoms with E-state index in [2.05, 4.69) is 0 Å². The summed E-state index contributed by atoms with van der Waals surface area (Å²) < 4.78 is 16.6. The molecule has 0 radical (unpaired) electrons. The van der Waals surface area contributed by atoms with Crippen molar-refractivity contribution >= 4 is 24.4 Å². The molecule has 2 nitrogen and oxygen atoms in total. The second-order valence-corrected chi connectivity index (χ2v) is 0. The van der Waals surface area contributed by atoms with E-state index in [4.69, 9.17) is 4.29 Å². The summed E-state index contributed by atoms with van der Waals surface area (Å²) in [4.78, 5) is 0. The van der Waals surface area contributed by atoms with Gasteiger partial charge in [-0.3, -0.25) is 0 Å². The molecule has 0 saturated carbocycles. The van der Waals surface area contributed by atoms with Gasteiger partial charge < -0.3 is 0 Å². The van der Waals surface area contributed by atoms with Crippen LogP contribution in [-0.2, 0) is 4.29 Å². The van der Waals surface area contributed by atoms with E-state index in [0.29, 0.717) is 0 Å². The van der Waals surface area contributed by atoms with Gasteiger partial charge in [0.15, 0.2) is 0 Å². The molecule has 0 aliphatic rings. The van der Waals surface area contributed by atoms with Gasteiger partial charge in [0.1, 0.15) is 0 Å². The van der Waals surface area contributed by atoms with Gasteiger partial charge in [0.2, 0.25) is 0 Å². The fraction of sp³-hybridized carbons (Fsp3) is 0. The van der Waals surface area contributed by atoms with Crippen LogP contribution >= 0.6 is 0 Å². The molecule has 4 heteroatoms. The van der Waals surface area contributed by atoms with Crippen molar-refractivity contribution in [2.45, 2.75) is 0 Å². The summed E-state index contributed by atoms with van der Waals surface area (Å²) in [5.74, 6) is 0. The first kappa shape index (κ1) is 9.21. The van der Waals surface area contributed by atoms with Crippen molar-refractivity contribution in [2.75, 3.05) is 0 Å². The van der Waals surface area contributed by atoms with E-state index < -0.39 is 0 Å². The Morgan fingerprint density at radius 2 is 1.25 bits per heavy atom. The molecular formula is HHoInO2. The summed E-state index contributed by atoms with van der Waals surface area (Å²) in [6.45, 7) is 0. The molecule has 0 unspecified atom stereocenters. The van der Waals surface area contributed by atoms with Gasteiger partial charge in [0.25, 0.3) is 0 Å². The first-order valence-corrected chi connectivity index (χ1v) is 2.85. The van der Waals surface area contributed by atoms with Gasteiger partial charge in [0, 0.05) is 0 Å². The summed E-state index contributed by atoms with van der Waals surface area (Å²) in [5.41, 5.74) is 0. The van der Waals surface area contributed by atoms with E-state index in [1.165, 1.54) is 0 Å². The van der Waals surface area contributed by atoms with Crippen LogP contribution in [-0.4, -0.2) is 24.4 Å². The van der Waals surface area contributed by atoms with Crippen molar-refractivity contribution < 1.29 is 40.2 Å². The Bertz CT molecular complexity index is 8.00.